The zero-order valence-corrected chi connectivity index (χ0v) is 18.7. The van der Waals surface area contributed by atoms with E-state index < -0.39 is 0 Å². The molecule has 0 spiro atoms. The first kappa shape index (κ1) is 21.6. The molecule has 5 rings (SSSR count). The Morgan fingerprint density at radius 3 is 2.55 bits per heavy atom. The van der Waals surface area contributed by atoms with Crippen LogP contribution in [0.4, 0.5) is 0 Å². The number of nitrogens with zero attached hydrogens (tertiary/aromatic N) is 2. The number of hydrogen-bond donors (Lipinski definition) is 0. The van der Waals surface area contributed by atoms with Crippen LogP contribution >= 0.6 is 0 Å². The summed E-state index contributed by atoms with van der Waals surface area (Å²) in [5, 5.41) is 0. The van der Waals surface area contributed by atoms with E-state index in [1.807, 2.05) is 4.90 Å². The summed E-state index contributed by atoms with van der Waals surface area (Å²) in [5.74, 6) is 2.40. The van der Waals surface area contributed by atoms with Crippen LogP contribution < -0.4 is 14.2 Å². The lowest BCUT2D eigenvalue weighted by molar-refractivity contribution is -0.0335. The summed E-state index contributed by atoms with van der Waals surface area (Å²) < 4.78 is 22.0. The molecule has 0 N–H and O–H groups in total. The normalized spacial score (nSPS) is 19.3. The topological polar surface area (TPSA) is 77.5 Å². The monoisotopic (exact) mass is 452 g/mol. The van der Waals surface area contributed by atoms with Crippen LogP contribution in [-0.2, 0) is 4.74 Å². The molecule has 1 unspecified atom stereocenters. The molecule has 2 amide bonds. The molecule has 0 bridgehead atoms. The van der Waals surface area contributed by atoms with Crippen molar-refractivity contribution >= 4 is 11.8 Å². The molecule has 1 aliphatic carbocycles. The molecule has 8 heteroatoms. The minimum absolute atomic E-state index is 0.0400. The zero-order valence-electron chi connectivity index (χ0n) is 18.7. The Morgan fingerprint density at radius 1 is 1.03 bits per heavy atom. The van der Waals surface area contributed by atoms with Crippen molar-refractivity contribution in [1.82, 2.24) is 9.80 Å². The molecule has 1 atom stereocenters. The van der Waals surface area contributed by atoms with Gasteiger partial charge in [-0.3, -0.25) is 9.59 Å². The van der Waals surface area contributed by atoms with Crippen LogP contribution in [0.5, 0.6) is 17.2 Å². The van der Waals surface area contributed by atoms with Crippen LogP contribution in [0, 0.1) is 5.92 Å². The van der Waals surface area contributed by atoms with Crippen LogP contribution in [0.3, 0.4) is 0 Å². The molecule has 1 saturated carbocycles. The molecule has 0 aromatic heterocycles. The predicted octanol–water partition coefficient (Wildman–Crippen LogP) is 2.82. The Morgan fingerprint density at radius 2 is 1.79 bits per heavy atom. The summed E-state index contributed by atoms with van der Waals surface area (Å²) in [6, 6.07) is 12.4. The average Bonchev–Trinajstić information content (AvgIpc) is 3.55. The summed E-state index contributed by atoms with van der Waals surface area (Å²) in [4.78, 5) is 30.0. The van der Waals surface area contributed by atoms with Gasteiger partial charge in [-0.05, 0) is 61.2 Å². The SMILES string of the molecule is COc1ccc(C(=O)N2CCOC(CN(CC3CC3)C(=O)c3ccc4c(c3)OCO4)C2)cc1. The van der Waals surface area contributed by atoms with E-state index in [1.165, 1.54) is 0 Å². The number of carbonyl (C=O) groups excluding carboxylic acids is 2. The molecule has 2 heterocycles. The average molecular weight is 453 g/mol. The molecule has 2 aromatic carbocycles. The van der Waals surface area contributed by atoms with Gasteiger partial charge in [0.15, 0.2) is 11.5 Å². The van der Waals surface area contributed by atoms with E-state index in [0.29, 0.717) is 67.1 Å². The van der Waals surface area contributed by atoms with Crippen molar-refractivity contribution in [3.05, 3.63) is 53.6 Å². The summed E-state index contributed by atoms with van der Waals surface area (Å²) in [5.41, 5.74) is 1.18. The minimum atomic E-state index is -0.238. The predicted molar refractivity (Wildman–Crippen MR) is 120 cm³/mol. The number of methoxy groups -OCH3 is 1. The third-order valence-electron chi connectivity index (χ3n) is 6.27. The third-order valence-corrected chi connectivity index (χ3v) is 6.27. The Balaban J connectivity index is 1.26. The molecule has 3 aliphatic rings. The first-order chi connectivity index (χ1) is 16.1. The van der Waals surface area contributed by atoms with Gasteiger partial charge >= 0.3 is 0 Å². The second kappa shape index (κ2) is 9.31. The fraction of sp³-hybridized carbons (Fsp3) is 0.440. The van der Waals surface area contributed by atoms with Crippen LogP contribution in [0.25, 0.3) is 0 Å². The Hall–Kier alpha value is -3.26. The van der Waals surface area contributed by atoms with E-state index in [-0.39, 0.29) is 24.7 Å². The number of benzene rings is 2. The van der Waals surface area contributed by atoms with Crippen molar-refractivity contribution in [3.8, 4) is 17.2 Å². The second-order valence-corrected chi connectivity index (χ2v) is 8.69. The fourth-order valence-electron chi connectivity index (χ4n) is 4.24. The van der Waals surface area contributed by atoms with Gasteiger partial charge in [0.25, 0.3) is 11.8 Å². The summed E-state index contributed by atoms with van der Waals surface area (Å²) in [6.07, 6.45) is 2.04. The fourth-order valence-corrected chi connectivity index (χ4v) is 4.24. The Bertz CT molecular complexity index is 1020. The molecule has 2 fully saturated rings. The highest BCUT2D eigenvalue weighted by atomic mass is 16.7. The highest BCUT2D eigenvalue weighted by Crippen LogP contribution is 2.34. The number of hydrogen-bond acceptors (Lipinski definition) is 6. The van der Waals surface area contributed by atoms with Crippen molar-refractivity contribution in [2.24, 2.45) is 5.92 Å². The van der Waals surface area contributed by atoms with Gasteiger partial charge in [0, 0.05) is 37.3 Å². The summed E-state index contributed by atoms with van der Waals surface area (Å²) in [7, 11) is 1.60. The number of amides is 2. The van der Waals surface area contributed by atoms with Gasteiger partial charge < -0.3 is 28.7 Å². The molecule has 33 heavy (non-hydrogen) atoms. The van der Waals surface area contributed by atoms with Crippen LogP contribution in [0.1, 0.15) is 33.6 Å². The maximum absolute atomic E-state index is 13.4. The summed E-state index contributed by atoms with van der Waals surface area (Å²) >= 11 is 0. The van der Waals surface area contributed by atoms with Gasteiger partial charge in [-0.25, -0.2) is 0 Å². The van der Waals surface area contributed by atoms with Gasteiger partial charge in [0.05, 0.1) is 19.8 Å². The lowest BCUT2D eigenvalue weighted by Gasteiger charge is -2.36. The number of fused-ring (bicyclic) bond motifs is 1. The maximum Gasteiger partial charge on any atom is 0.254 e. The highest BCUT2D eigenvalue weighted by Gasteiger charge is 2.32. The largest absolute Gasteiger partial charge is 0.497 e. The van der Waals surface area contributed by atoms with Crippen LogP contribution in [-0.4, -0.2) is 74.4 Å². The number of rotatable bonds is 7. The van der Waals surface area contributed by atoms with Crippen molar-refractivity contribution in [2.45, 2.75) is 18.9 Å². The molecular weight excluding hydrogens is 424 g/mol. The number of carbonyl (C=O) groups is 2. The minimum Gasteiger partial charge on any atom is -0.497 e. The molecule has 2 aromatic rings. The lowest BCUT2D eigenvalue weighted by Crippen LogP contribution is -2.51. The van der Waals surface area contributed by atoms with E-state index in [0.717, 1.165) is 12.8 Å². The Labute approximate surface area is 193 Å². The summed E-state index contributed by atoms with van der Waals surface area (Å²) in [6.45, 7) is 2.73. The standard InChI is InChI=1S/C25H28N2O6/c1-30-20-7-4-18(5-8-20)24(28)26-10-11-31-21(14-26)15-27(13-17-2-3-17)25(29)19-6-9-22-23(12-19)33-16-32-22/h4-9,12,17,21H,2-3,10-11,13-16H2,1H3. The van der Waals surface area contributed by atoms with Crippen molar-refractivity contribution in [2.75, 3.05) is 46.7 Å². The van der Waals surface area contributed by atoms with Crippen molar-refractivity contribution in [1.29, 1.82) is 0 Å². The highest BCUT2D eigenvalue weighted by molar-refractivity contribution is 5.95. The van der Waals surface area contributed by atoms with E-state index in [1.54, 1.807) is 54.5 Å². The molecule has 0 radical (unpaired) electrons. The quantitative estimate of drug-likeness (QED) is 0.643. The number of morpholine rings is 1. The zero-order chi connectivity index (χ0) is 22.8. The number of ether oxygens (including phenoxy) is 4. The van der Waals surface area contributed by atoms with Gasteiger partial charge in [-0.1, -0.05) is 0 Å². The van der Waals surface area contributed by atoms with Crippen LogP contribution in [0.15, 0.2) is 42.5 Å². The van der Waals surface area contributed by atoms with E-state index in [2.05, 4.69) is 0 Å². The van der Waals surface area contributed by atoms with Crippen molar-refractivity contribution < 1.29 is 28.5 Å². The van der Waals surface area contributed by atoms with Gasteiger partial charge in [0.1, 0.15) is 5.75 Å². The first-order valence-electron chi connectivity index (χ1n) is 11.3. The van der Waals surface area contributed by atoms with Gasteiger partial charge in [-0.2, -0.15) is 0 Å². The van der Waals surface area contributed by atoms with E-state index in [9.17, 15) is 9.59 Å². The van der Waals surface area contributed by atoms with Gasteiger partial charge in [0.2, 0.25) is 6.79 Å². The van der Waals surface area contributed by atoms with Crippen molar-refractivity contribution in [3.63, 3.8) is 0 Å². The second-order valence-electron chi connectivity index (χ2n) is 8.69. The lowest BCUT2D eigenvalue weighted by atomic mass is 10.1. The van der Waals surface area contributed by atoms with E-state index >= 15 is 0 Å². The third kappa shape index (κ3) is 4.90. The molecule has 8 nitrogen and oxygen atoms in total. The molecular formula is C25H28N2O6. The Kier molecular flexibility index (Phi) is 6.09. The molecule has 174 valence electrons. The maximum atomic E-state index is 13.4. The molecule has 2 aliphatic heterocycles. The van der Waals surface area contributed by atoms with E-state index in [4.69, 9.17) is 18.9 Å². The van der Waals surface area contributed by atoms with Gasteiger partial charge in [-0.15, -0.1) is 0 Å². The van der Waals surface area contributed by atoms with Crippen LogP contribution in [0.2, 0.25) is 0 Å². The molecule has 1 saturated heterocycles. The first-order valence-corrected chi connectivity index (χ1v) is 11.3. The smallest absolute Gasteiger partial charge is 0.254 e.